The van der Waals surface area contributed by atoms with Crippen LogP contribution in [-0.4, -0.2) is 65.9 Å². The van der Waals surface area contributed by atoms with Gasteiger partial charge in [0.1, 0.15) is 6.04 Å². The van der Waals surface area contributed by atoms with Gasteiger partial charge in [-0.05, 0) is 25.8 Å². The van der Waals surface area contributed by atoms with Gasteiger partial charge in [0.05, 0.1) is 18.7 Å². The van der Waals surface area contributed by atoms with Crippen LogP contribution in [-0.2, 0) is 14.4 Å². The molecular weight excluding hydrogens is 250 g/mol. The molecule has 1 radical (unpaired) electrons. The number of nitrogens with zero attached hydrogens (tertiary/aromatic N) is 1. The molecule has 0 spiro atoms. The number of nitrogens with one attached hydrogen (secondary N) is 2. The van der Waals surface area contributed by atoms with Crippen LogP contribution in [0.4, 0.5) is 0 Å². The fourth-order valence-electron chi connectivity index (χ4n) is 2.66. The second-order valence-corrected chi connectivity index (χ2v) is 4.84. The van der Waals surface area contributed by atoms with Gasteiger partial charge in [-0.3, -0.25) is 14.4 Å². The highest BCUT2D eigenvalue weighted by Gasteiger charge is 2.43. The molecule has 2 rings (SSSR count). The summed E-state index contributed by atoms with van der Waals surface area (Å²) in [6.07, 6.45) is 2.74. The van der Waals surface area contributed by atoms with Crippen molar-refractivity contribution in [2.75, 3.05) is 19.6 Å². The van der Waals surface area contributed by atoms with Crippen LogP contribution in [0, 0.1) is 0 Å². The Balaban J connectivity index is 2.03. The Kier molecular flexibility index (Phi) is 4.49. The average Bonchev–Trinajstić information content (AvgIpc) is 3.04. The maximum atomic E-state index is 12.3. The van der Waals surface area contributed by atoms with Crippen molar-refractivity contribution in [3.8, 4) is 0 Å². The van der Waals surface area contributed by atoms with Gasteiger partial charge in [0.2, 0.25) is 18.1 Å². The van der Waals surface area contributed by atoms with Crippen LogP contribution in [0.2, 0.25) is 0 Å². The van der Waals surface area contributed by atoms with Gasteiger partial charge in [-0.2, -0.15) is 0 Å². The molecule has 2 aliphatic heterocycles. The Bertz CT molecular complexity index is 368. The maximum Gasteiger partial charge on any atom is 0.245 e. The fourth-order valence-corrected chi connectivity index (χ4v) is 2.66. The van der Waals surface area contributed by atoms with E-state index in [-0.39, 0.29) is 18.5 Å². The van der Waals surface area contributed by atoms with Gasteiger partial charge in [0, 0.05) is 6.54 Å². The Morgan fingerprint density at radius 1 is 1.42 bits per heavy atom. The number of amides is 2. The predicted octanol–water partition coefficient (Wildman–Crippen LogP) is -2.07. The molecule has 19 heavy (non-hydrogen) atoms. The zero-order valence-corrected chi connectivity index (χ0v) is 10.6. The van der Waals surface area contributed by atoms with Crippen molar-refractivity contribution in [1.82, 2.24) is 15.5 Å². The molecule has 2 amide bonds. The quantitative estimate of drug-likeness (QED) is 0.544. The highest BCUT2D eigenvalue weighted by atomic mass is 16.3. The second-order valence-electron chi connectivity index (χ2n) is 4.84. The third-order valence-electron chi connectivity index (χ3n) is 3.61. The molecule has 2 saturated heterocycles. The summed E-state index contributed by atoms with van der Waals surface area (Å²) in [6, 6.07) is -1.17. The Morgan fingerprint density at radius 2 is 2.21 bits per heavy atom. The number of rotatable bonds is 4. The third kappa shape index (κ3) is 2.93. The second kappa shape index (κ2) is 6.12. The Labute approximate surface area is 111 Å². The van der Waals surface area contributed by atoms with Crippen molar-refractivity contribution in [1.29, 1.82) is 0 Å². The summed E-state index contributed by atoms with van der Waals surface area (Å²) in [4.78, 5) is 35.7. The molecule has 0 bridgehead atoms. The molecule has 105 valence electrons. The van der Waals surface area contributed by atoms with E-state index < -0.39 is 18.1 Å². The molecule has 0 aliphatic carbocycles. The van der Waals surface area contributed by atoms with Crippen LogP contribution >= 0.6 is 0 Å². The van der Waals surface area contributed by atoms with Gasteiger partial charge in [-0.1, -0.05) is 0 Å². The van der Waals surface area contributed by atoms with Gasteiger partial charge in [-0.15, -0.1) is 0 Å². The average molecular weight is 268 g/mol. The minimum atomic E-state index is -0.900. The molecule has 2 aliphatic rings. The summed E-state index contributed by atoms with van der Waals surface area (Å²) in [5.41, 5.74) is 0. The topological polar surface area (TPSA) is 98.7 Å². The van der Waals surface area contributed by atoms with Crippen LogP contribution in [0.15, 0.2) is 0 Å². The molecule has 0 aromatic heterocycles. The van der Waals surface area contributed by atoms with Crippen LogP contribution < -0.4 is 10.6 Å². The zero-order chi connectivity index (χ0) is 13.8. The maximum absolute atomic E-state index is 12.3. The highest BCUT2D eigenvalue weighted by molar-refractivity contribution is 5.91. The highest BCUT2D eigenvalue weighted by Crippen LogP contribution is 2.21. The van der Waals surface area contributed by atoms with E-state index in [1.807, 2.05) is 0 Å². The monoisotopic (exact) mass is 268 g/mol. The lowest BCUT2D eigenvalue weighted by molar-refractivity contribution is -0.141. The van der Waals surface area contributed by atoms with Gasteiger partial charge < -0.3 is 20.6 Å². The van der Waals surface area contributed by atoms with Crippen LogP contribution in [0.1, 0.15) is 19.3 Å². The summed E-state index contributed by atoms with van der Waals surface area (Å²) < 4.78 is 0. The van der Waals surface area contributed by atoms with Crippen molar-refractivity contribution in [3.63, 3.8) is 0 Å². The van der Waals surface area contributed by atoms with E-state index in [0.29, 0.717) is 13.0 Å². The minimum absolute atomic E-state index is 0.149. The molecule has 2 fully saturated rings. The molecule has 3 atom stereocenters. The van der Waals surface area contributed by atoms with Gasteiger partial charge in [0.15, 0.2) is 0 Å². The standard InChI is InChI=1S/C12H18N3O4/c16-7-5-14-11(18)10-9(17)3-6-15(10)12(19)8-2-1-4-13-8/h8-10,13,17H,1-6H2,(H,14,18)/t8-,9?,10-/m0/s1. The Hall–Kier alpha value is -1.47. The molecule has 7 heteroatoms. The minimum Gasteiger partial charge on any atom is -0.390 e. The number of likely N-dealkylation sites (tertiary alicyclic amines) is 1. The first-order chi connectivity index (χ1) is 9.15. The van der Waals surface area contributed by atoms with Gasteiger partial charge >= 0.3 is 0 Å². The molecule has 0 aromatic carbocycles. The van der Waals surface area contributed by atoms with Crippen molar-refractivity contribution in [2.45, 2.75) is 37.5 Å². The fraction of sp³-hybridized carbons (Fsp3) is 0.750. The summed E-state index contributed by atoms with van der Waals surface area (Å²) >= 11 is 0. The SMILES string of the molecule is O=[C]CNC(=O)[C@@H]1C(O)CCN1C(=O)[C@@H]1CCCN1. The number of aliphatic hydroxyl groups is 1. The number of hydrogen-bond acceptors (Lipinski definition) is 5. The Morgan fingerprint density at radius 3 is 2.84 bits per heavy atom. The smallest absolute Gasteiger partial charge is 0.245 e. The molecule has 7 nitrogen and oxygen atoms in total. The van der Waals surface area contributed by atoms with E-state index in [0.717, 1.165) is 19.4 Å². The third-order valence-corrected chi connectivity index (χ3v) is 3.61. The summed E-state index contributed by atoms with van der Waals surface area (Å²) in [7, 11) is 0. The first-order valence-corrected chi connectivity index (χ1v) is 6.50. The van der Waals surface area contributed by atoms with E-state index >= 15 is 0 Å². The van der Waals surface area contributed by atoms with Crippen LogP contribution in [0.25, 0.3) is 0 Å². The number of hydrogen-bond donors (Lipinski definition) is 3. The molecule has 0 aromatic rings. The lowest BCUT2D eigenvalue weighted by atomic mass is 10.1. The van der Waals surface area contributed by atoms with Gasteiger partial charge in [-0.25, -0.2) is 0 Å². The van der Waals surface area contributed by atoms with E-state index in [1.165, 1.54) is 4.90 Å². The van der Waals surface area contributed by atoms with Gasteiger partial charge in [0.25, 0.3) is 0 Å². The number of carbonyl (C=O) groups is 2. The zero-order valence-electron chi connectivity index (χ0n) is 10.6. The van der Waals surface area contributed by atoms with E-state index in [9.17, 15) is 19.5 Å². The van der Waals surface area contributed by atoms with Crippen molar-refractivity contribution >= 4 is 18.1 Å². The van der Waals surface area contributed by atoms with E-state index in [2.05, 4.69) is 10.6 Å². The van der Waals surface area contributed by atoms with E-state index in [4.69, 9.17) is 0 Å². The molecule has 2 heterocycles. The molecule has 3 N–H and O–H groups in total. The summed E-state index contributed by atoms with van der Waals surface area (Å²) in [5.74, 6) is -0.649. The summed E-state index contributed by atoms with van der Waals surface area (Å²) in [5, 5.41) is 15.3. The van der Waals surface area contributed by atoms with E-state index in [1.54, 1.807) is 6.29 Å². The lowest BCUT2D eigenvalue weighted by Crippen LogP contribution is -2.54. The predicted molar refractivity (Wildman–Crippen MR) is 65.9 cm³/mol. The van der Waals surface area contributed by atoms with Crippen molar-refractivity contribution < 1.29 is 19.5 Å². The van der Waals surface area contributed by atoms with Crippen LogP contribution in [0.3, 0.4) is 0 Å². The van der Waals surface area contributed by atoms with Crippen molar-refractivity contribution in [3.05, 3.63) is 0 Å². The normalized spacial score (nSPS) is 30.4. The number of carbonyl (C=O) groups excluding carboxylic acids is 3. The lowest BCUT2D eigenvalue weighted by Gasteiger charge is -2.27. The molecule has 1 unspecified atom stereocenters. The summed E-state index contributed by atoms with van der Waals surface area (Å²) in [6.45, 7) is 0.927. The number of aliphatic hydroxyl groups excluding tert-OH is 1. The van der Waals surface area contributed by atoms with Crippen LogP contribution in [0.5, 0.6) is 0 Å². The molecule has 0 saturated carbocycles. The first kappa shape index (κ1) is 14.0. The van der Waals surface area contributed by atoms with Crippen molar-refractivity contribution in [2.24, 2.45) is 0 Å². The largest absolute Gasteiger partial charge is 0.390 e. The first-order valence-electron chi connectivity index (χ1n) is 6.50. The molecular formula is C12H18N3O4.